The topological polar surface area (TPSA) is 89.1 Å². The maximum atomic E-state index is 12.5. The van der Waals surface area contributed by atoms with Gasteiger partial charge < -0.3 is 19.3 Å². The molecule has 4 rings (SSSR count). The molecule has 8 heteroatoms. The van der Waals surface area contributed by atoms with Gasteiger partial charge in [0.15, 0.2) is 5.82 Å². The maximum Gasteiger partial charge on any atom is 0.317 e. The Kier molecular flexibility index (Phi) is 6.19. The van der Waals surface area contributed by atoms with Crippen LogP contribution in [-0.4, -0.2) is 50.3 Å². The van der Waals surface area contributed by atoms with Crippen LogP contribution in [0.1, 0.15) is 30.1 Å². The van der Waals surface area contributed by atoms with E-state index in [0.29, 0.717) is 37.0 Å². The molecular formula is C21H26N6O2. The number of nitrogens with one attached hydrogen (secondary N) is 1. The molecular weight excluding hydrogens is 368 g/mol. The number of hydrogen-bond acceptors (Lipinski definition) is 5. The Bertz CT molecular complexity index is 893. The summed E-state index contributed by atoms with van der Waals surface area (Å²) >= 11 is 0. The van der Waals surface area contributed by atoms with Gasteiger partial charge in [-0.2, -0.15) is 4.98 Å². The molecule has 0 spiro atoms. The number of nitrogens with zero attached hydrogens (tertiary/aromatic N) is 5. The van der Waals surface area contributed by atoms with Gasteiger partial charge in [0.2, 0.25) is 5.89 Å². The predicted molar refractivity (Wildman–Crippen MR) is 107 cm³/mol. The average Bonchev–Trinajstić information content (AvgIpc) is 3.41. The first kappa shape index (κ1) is 19.2. The van der Waals surface area contributed by atoms with Gasteiger partial charge in [0, 0.05) is 51.4 Å². The van der Waals surface area contributed by atoms with Crippen molar-refractivity contribution in [2.24, 2.45) is 5.92 Å². The predicted octanol–water partition coefficient (Wildman–Crippen LogP) is 2.52. The van der Waals surface area contributed by atoms with E-state index in [0.717, 1.165) is 38.0 Å². The Balaban J connectivity index is 1.20. The lowest BCUT2D eigenvalue weighted by Crippen LogP contribution is -2.46. The summed E-state index contributed by atoms with van der Waals surface area (Å²) < 4.78 is 7.38. The van der Waals surface area contributed by atoms with Crippen LogP contribution in [0.5, 0.6) is 0 Å². The summed E-state index contributed by atoms with van der Waals surface area (Å²) in [7, 11) is 0. The number of amides is 2. The Morgan fingerprint density at radius 3 is 3.00 bits per heavy atom. The molecule has 0 unspecified atom stereocenters. The third kappa shape index (κ3) is 5.43. The zero-order valence-corrected chi connectivity index (χ0v) is 16.4. The summed E-state index contributed by atoms with van der Waals surface area (Å²) in [6, 6.07) is 10.0. The molecule has 3 heterocycles. The van der Waals surface area contributed by atoms with Gasteiger partial charge in [0.1, 0.15) is 0 Å². The summed E-state index contributed by atoms with van der Waals surface area (Å²) in [4.78, 5) is 22.9. The van der Waals surface area contributed by atoms with Crippen molar-refractivity contribution in [2.75, 3.05) is 19.6 Å². The number of imidazole rings is 1. The molecule has 0 aliphatic carbocycles. The molecule has 2 aromatic heterocycles. The van der Waals surface area contributed by atoms with Crippen molar-refractivity contribution in [3.8, 4) is 0 Å². The number of piperidine rings is 1. The third-order valence-corrected chi connectivity index (χ3v) is 5.16. The lowest BCUT2D eigenvalue weighted by atomic mass is 9.98. The third-order valence-electron chi connectivity index (χ3n) is 5.16. The smallest absolute Gasteiger partial charge is 0.317 e. The average molecular weight is 394 g/mol. The van der Waals surface area contributed by atoms with E-state index in [-0.39, 0.29) is 6.03 Å². The molecule has 0 saturated carbocycles. The fraction of sp³-hybridized carbons (Fsp3) is 0.429. The van der Waals surface area contributed by atoms with Gasteiger partial charge in [0.25, 0.3) is 0 Å². The van der Waals surface area contributed by atoms with E-state index < -0.39 is 0 Å². The van der Waals surface area contributed by atoms with E-state index in [2.05, 4.69) is 25.0 Å². The first-order valence-electron chi connectivity index (χ1n) is 10.1. The number of hydrogen-bond donors (Lipinski definition) is 1. The molecule has 1 atom stereocenters. The van der Waals surface area contributed by atoms with Crippen LogP contribution in [-0.2, 0) is 19.4 Å². The van der Waals surface area contributed by atoms with Crippen molar-refractivity contribution in [1.82, 2.24) is 29.9 Å². The Hall–Kier alpha value is -3.16. The minimum atomic E-state index is -0.0237. The number of aromatic nitrogens is 4. The van der Waals surface area contributed by atoms with Gasteiger partial charge >= 0.3 is 6.03 Å². The van der Waals surface area contributed by atoms with E-state index in [4.69, 9.17) is 4.52 Å². The highest BCUT2D eigenvalue weighted by atomic mass is 16.5. The maximum absolute atomic E-state index is 12.5. The zero-order valence-electron chi connectivity index (χ0n) is 16.4. The Morgan fingerprint density at radius 2 is 2.17 bits per heavy atom. The van der Waals surface area contributed by atoms with Crippen molar-refractivity contribution in [3.63, 3.8) is 0 Å². The van der Waals surface area contributed by atoms with E-state index in [1.54, 1.807) is 6.20 Å². The largest absolute Gasteiger partial charge is 0.339 e. The van der Waals surface area contributed by atoms with Gasteiger partial charge in [-0.3, -0.25) is 0 Å². The summed E-state index contributed by atoms with van der Waals surface area (Å²) in [5.74, 6) is 1.67. The number of likely N-dealkylation sites (tertiary alicyclic amines) is 1. The molecule has 1 saturated heterocycles. The number of carbonyl (C=O) groups is 1. The second kappa shape index (κ2) is 9.36. The van der Waals surface area contributed by atoms with Gasteiger partial charge in [0.05, 0.1) is 6.33 Å². The molecule has 2 amide bonds. The van der Waals surface area contributed by atoms with Crippen LogP contribution in [0, 0.1) is 5.92 Å². The standard InChI is InChI=1S/C21H26N6O2/c28-21(27-11-4-7-18(15-27)14-26-12-10-22-16-26)23-9-8-20-24-19(25-29-20)13-17-5-2-1-3-6-17/h1-3,5-6,10,12,16,18H,4,7-9,11,13-15H2,(H,23,28)/t18-/m0/s1. The van der Waals surface area contributed by atoms with Gasteiger partial charge in [-0.15, -0.1) is 0 Å². The van der Waals surface area contributed by atoms with Crippen molar-refractivity contribution in [2.45, 2.75) is 32.2 Å². The molecule has 1 fully saturated rings. The summed E-state index contributed by atoms with van der Waals surface area (Å²) in [6.07, 6.45) is 8.91. The lowest BCUT2D eigenvalue weighted by Gasteiger charge is -2.32. The normalized spacial score (nSPS) is 16.7. The van der Waals surface area contributed by atoms with Crippen LogP contribution >= 0.6 is 0 Å². The molecule has 8 nitrogen and oxygen atoms in total. The number of carbonyl (C=O) groups excluding carboxylic acids is 1. The van der Waals surface area contributed by atoms with E-state index in [1.807, 2.05) is 47.8 Å². The van der Waals surface area contributed by atoms with Crippen LogP contribution in [0.4, 0.5) is 4.79 Å². The summed E-state index contributed by atoms with van der Waals surface area (Å²) in [6.45, 7) is 2.95. The van der Waals surface area contributed by atoms with E-state index in [1.165, 1.54) is 0 Å². The summed E-state index contributed by atoms with van der Waals surface area (Å²) in [5.41, 5.74) is 1.14. The molecule has 1 N–H and O–H groups in total. The zero-order chi connectivity index (χ0) is 19.9. The van der Waals surface area contributed by atoms with Crippen LogP contribution in [0.3, 0.4) is 0 Å². The number of benzene rings is 1. The van der Waals surface area contributed by atoms with Crippen molar-refractivity contribution in [3.05, 3.63) is 66.3 Å². The Morgan fingerprint density at radius 1 is 1.28 bits per heavy atom. The van der Waals surface area contributed by atoms with Crippen LogP contribution < -0.4 is 5.32 Å². The Labute approximate surface area is 169 Å². The van der Waals surface area contributed by atoms with Crippen molar-refractivity contribution >= 4 is 6.03 Å². The second-order valence-corrected chi connectivity index (χ2v) is 7.46. The highest BCUT2D eigenvalue weighted by Crippen LogP contribution is 2.18. The highest BCUT2D eigenvalue weighted by Gasteiger charge is 2.23. The van der Waals surface area contributed by atoms with Crippen LogP contribution in [0.15, 0.2) is 53.6 Å². The monoisotopic (exact) mass is 394 g/mol. The van der Waals surface area contributed by atoms with Crippen LogP contribution in [0.2, 0.25) is 0 Å². The molecule has 1 aliphatic rings. The fourth-order valence-electron chi connectivity index (χ4n) is 3.72. The fourth-order valence-corrected chi connectivity index (χ4v) is 3.72. The molecule has 0 radical (unpaired) electrons. The lowest BCUT2D eigenvalue weighted by molar-refractivity contribution is 0.159. The molecule has 0 bridgehead atoms. The number of rotatable bonds is 7. The first-order chi connectivity index (χ1) is 14.3. The van der Waals surface area contributed by atoms with Gasteiger partial charge in [-0.05, 0) is 24.3 Å². The SMILES string of the molecule is O=C(NCCc1nc(Cc2ccccc2)no1)N1CCC[C@@H](Cn2ccnc2)C1. The molecule has 3 aromatic rings. The second-order valence-electron chi connectivity index (χ2n) is 7.46. The highest BCUT2D eigenvalue weighted by molar-refractivity contribution is 5.74. The summed E-state index contributed by atoms with van der Waals surface area (Å²) in [5, 5.41) is 7.01. The van der Waals surface area contributed by atoms with Gasteiger partial charge in [-0.1, -0.05) is 35.5 Å². The molecule has 152 valence electrons. The van der Waals surface area contributed by atoms with Crippen LogP contribution in [0.25, 0.3) is 0 Å². The minimum absolute atomic E-state index is 0.0237. The molecule has 29 heavy (non-hydrogen) atoms. The van der Waals surface area contributed by atoms with E-state index in [9.17, 15) is 4.79 Å². The van der Waals surface area contributed by atoms with Crippen molar-refractivity contribution in [1.29, 1.82) is 0 Å². The first-order valence-corrected chi connectivity index (χ1v) is 10.1. The van der Waals surface area contributed by atoms with Crippen molar-refractivity contribution < 1.29 is 9.32 Å². The van der Waals surface area contributed by atoms with Gasteiger partial charge in [-0.25, -0.2) is 9.78 Å². The quantitative estimate of drug-likeness (QED) is 0.665. The molecule has 1 aliphatic heterocycles. The number of urea groups is 1. The minimum Gasteiger partial charge on any atom is -0.339 e. The van der Waals surface area contributed by atoms with E-state index >= 15 is 0 Å². The molecule has 1 aromatic carbocycles.